The highest BCUT2D eigenvalue weighted by Gasteiger charge is 2.19. The molecule has 1 aliphatic heterocycles. The summed E-state index contributed by atoms with van der Waals surface area (Å²) in [5.74, 6) is 1.02. The van der Waals surface area contributed by atoms with Crippen LogP contribution in [0.2, 0.25) is 0 Å². The van der Waals surface area contributed by atoms with Crippen molar-refractivity contribution in [2.45, 2.75) is 18.9 Å². The van der Waals surface area contributed by atoms with Gasteiger partial charge in [-0.15, -0.1) is 0 Å². The van der Waals surface area contributed by atoms with Crippen molar-refractivity contribution in [3.63, 3.8) is 0 Å². The number of carbonyl (C=O) groups excluding carboxylic acids is 1. The number of methoxy groups -OCH3 is 1. The Morgan fingerprint density at radius 2 is 2.29 bits per heavy atom. The van der Waals surface area contributed by atoms with Crippen LogP contribution in [0, 0.1) is 0 Å². The Morgan fingerprint density at radius 1 is 1.48 bits per heavy atom. The van der Waals surface area contributed by atoms with Crippen molar-refractivity contribution in [2.24, 2.45) is 0 Å². The highest BCUT2D eigenvalue weighted by Crippen LogP contribution is 2.18. The first-order chi connectivity index (χ1) is 10.2. The molecule has 1 aromatic carbocycles. The van der Waals surface area contributed by atoms with E-state index in [4.69, 9.17) is 9.47 Å². The fraction of sp³-hybridized carbons (Fsp3) is 0.562. The van der Waals surface area contributed by atoms with Gasteiger partial charge in [0.2, 0.25) is 5.91 Å². The van der Waals surface area contributed by atoms with E-state index in [1.807, 2.05) is 31.3 Å². The van der Waals surface area contributed by atoms with Gasteiger partial charge in [-0.1, -0.05) is 18.2 Å². The normalized spacial score (nSPS) is 18.3. The number of nitrogens with zero attached hydrogens (tertiary/aromatic N) is 1. The van der Waals surface area contributed by atoms with Gasteiger partial charge in [-0.2, -0.15) is 0 Å². The molecule has 116 valence electrons. The zero-order valence-corrected chi connectivity index (χ0v) is 12.8. The van der Waals surface area contributed by atoms with Crippen LogP contribution in [-0.2, 0) is 16.0 Å². The predicted octanol–water partition coefficient (Wildman–Crippen LogP) is 1.07. The van der Waals surface area contributed by atoms with Gasteiger partial charge < -0.3 is 19.7 Å². The number of ether oxygens (including phenoxy) is 2. The molecule has 1 unspecified atom stereocenters. The minimum absolute atomic E-state index is 0.139. The molecule has 0 aliphatic carbocycles. The first-order valence-electron chi connectivity index (χ1n) is 7.37. The quantitative estimate of drug-likeness (QED) is 0.852. The van der Waals surface area contributed by atoms with Crippen molar-refractivity contribution in [3.05, 3.63) is 29.8 Å². The highest BCUT2D eigenvalue weighted by atomic mass is 16.5. The molecule has 0 aromatic heterocycles. The second kappa shape index (κ2) is 8.00. The lowest BCUT2D eigenvalue weighted by Crippen LogP contribution is -2.44. The third kappa shape index (κ3) is 4.72. The molecule has 0 radical (unpaired) electrons. The molecule has 5 nitrogen and oxygen atoms in total. The molecular formula is C16H24N2O3. The molecule has 1 aromatic rings. The molecule has 0 saturated carbocycles. The van der Waals surface area contributed by atoms with E-state index in [1.54, 1.807) is 12.0 Å². The van der Waals surface area contributed by atoms with Crippen LogP contribution < -0.4 is 10.1 Å². The Hall–Kier alpha value is -1.59. The molecule has 21 heavy (non-hydrogen) atoms. The molecular weight excluding hydrogens is 268 g/mol. The molecule has 1 amide bonds. The monoisotopic (exact) mass is 292 g/mol. The topological polar surface area (TPSA) is 50.8 Å². The third-order valence-corrected chi connectivity index (χ3v) is 3.75. The first-order valence-corrected chi connectivity index (χ1v) is 7.37. The van der Waals surface area contributed by atoms with E-state index < -0.39 is 0 Å². The summed E-state index contributed by atoms with van der Waals surface area (Å²) >= 11 is 0. The summed E-state index contributed by atoms with van der Waals surface area (Å²) in [5, 5.41) is 3.30. The van der Waals surface area contributed by atoms with E-state index in [-0.39, 0.29) is 11.9 Å². The standard InChI is InChI=1S/C16H24N2O3/c1-18(16(19)11-14-12-21-10-8-17-14)9-7-13-5-3-4-6-15(13)20-2/h3-6,14,17H,7-12H2,1-2H3. The molecule has 5 heteroatoms. The van der Waals surface area contributed by atoms with Gasteiger partial charge in [-0.25, -0.2) is 0 Å². The maximum atomic E-state index is 12.2. The van der Waals surface area contributed by atoms with Gasteiger partial charge in [0.25, 0.3) is 0 Å². The van der Waals surface area contributed by atoms with Crippen molar-refractivity contribution in [2.75, 3.05) is 40.5 Å². The van der Waals surface area contributed by atoms with Crippen LogP contribution in [0.15, 0.2) is 24.3 Å². The van der Waals surface area contributed by atoms with E-state index >= 15 is 0 Å². The lowest BCUT2D eigenvalue weighted by Gasteiger charge is -2.25. The van der Waals surface area contributed by atoms with E-state index in [0.29, 0.717) is 19.6 Å². The predicted molar refractivity (Wildman–Crippen MR) is 81.6 cm³/mol. The van der Waals surface area contributed by atoms with Crippen LogP contribution in [0.1, 0.15) is 12.0 Å². The van der Waals surface area contributed by atoms with Crippen molar-refractivity contribution in [1.29, 1.82) is 0 Å². The summed E-state index contributed by atoms with van der Waals surface area (Å²) in [4.78, 5) is 14.0. The molecule has 1 N–H and O–H groups in total. The maximum Gasteiger partial charge on any atom is 0.223 e. The average Bonchev–Trinajstić information content (AvgIpc) is 2.53. The van der Waals surface area contributed by atoms with Crippen molar-refractivity contribution in [1.82, 2.24) is 10.2 Å². The van der Waals surface area contributed by atoms with Gasteiger partial charge in [0.1, 0.15) is 5.75 Å². The Bertz CT molecular complexity index is 459. The van der Waals surface area contributed by atoms with Crippen molar-refractivity contribution >= 4 is 5.91 Å². The Labute approximate surface area is 126 Å². The number of nitrogens with one attached hydrogen (secondary N) is 1. The van der Waals surface area contributed by atoms with E-state index in [9.17, 15) is 4.79 Å². The SMILES string of the molecule is COc1ccccc1CCN(C)C(=O)CC1COCCN1. The van der Waals surface area contributed by atoms with Gasteiger partial charge in [0.15, 0.2) is 0 Å². The Balaban J connectivity index is 1.80. The van der Waals surface area contributed by atoms with Crippen LogP contribution in [0.5, 0.6) is 5.75 Å². The van der Waals surface area contributed by atoms with Crippen LogP contribution in [0.3, 0.4) is 0 Å². The number of amides is 1. The van der Waals surface area contributed by atoms with Crippen LogP contribution in [0.4, 0.5) is 0 Å². The minimum Gasteiger partial charge on any atom is -0.496 e. The lowest BCUT2D eigenvalue weighted by atomic mass is 10.1. The second-order valence-corrected chi connectivity index (χ2v) is 5.31. The van der Waals surface area contributed by atoms with Gasteiger partial charge in [0, 0.05) is 32.6 Å². The fourth-order valence-electron chi connectivity index (χ4n) is 2.44. The van der Waals surface area contributed by atoms with Gasteiger partial charge >= 0.3 is 0 Å². The number of morpholine rings is 1. The summed E-state index contributed by atoms with van der Waals surface area (Å²) in [7, 11) is 3.52. The molecule has 1 heterocycles. The number of hydrogen-bond donors (Lipinski definition) is 1. The van der Waals surface area contributed by atoms with E-state index in [0.717, 1.165) is 30.9 Å². The van der Waals surface area contributed by atoms with Crippen molar-refractivity contribution < 1.29 is 14.3 Å². The van der Waals surface area contributed by atoms with Gasteiger partial charge in [-0.3, -0.25) is 4.79 Å². The smallest absolute Gasteiger partial charge is 0.223 e. The average molecular weight is 292 g/mol. The zero-order valence-electron chi connectivity index (χ0n) is 12.8. The summed E-state index contributed by atoms with van der Waals surface area (Å²) in [5.41, 5.74) is 1.12. The zero-order chi connectivity index (χ0) is 15.1. The van der Waals surface area contributed by atoms with Crippen LogP contribution >= 0.6 is 0 Å². The fourth-order valence-corrected chi connectivity index (χ4v) is 2.44. The number of para-hydroxylation sites is 1. The molecule has 2 rings (SSSR count). The van der Waals surface area contributed by atoms with E-state index in [2.05, 4.69) is 5.32 Å². The molecule has 1 aliphatic rings. The summed E-state index contributed by atoms with van der Waals surface area (Å²) < 4.78 is 10.7. The highest BCUT2D eigenvalue weighted by molar-refractivity contribution is 5.76. The maximum absolute atomic E-state index is 12.2. The molecule has 0 spiro atoms. The van der Waals surface area contributed by atoms with Gasteiger partial charge in [0.05, 0.1) is 20.3 Å². The first kappa shape index (κ1) is 15.8. The number of benzene rings is 1. The summed E-state index contributed by atoms with van der Waals surface area (Å²) in [6.07, 6.45) is 1.28. The largest absolute Gasteiger partial charge is 0.496 e. The number of rotatable bonds is 6. The molecule has 0 bridgehead atoms. The van der Waals surface area contributed by atoms with Crippen molar-refractivity contribution in [3.8, 4) is 5.75 Å². The summed E-state index contributed by atoms with van der Waals surface area (Å²) in [6, 6.07) is 8.06. The lowest BCUT2D eigenvalue weighted by molar-refractivity contribution is -0.131. The number of carbonyl (C=O) groups is 1. The van der Waals surface area contributed by atoms with E-state index in [1.165, 1.54) is 0 Å². The van der Waals surface area contributed by atoms with Gasteiger partial charge in [-0.05, 0) is 18.1 Å². The molecule has 1 fully saturated rings. The second-order valence-electron chi connectivity index (χ2n) is 5.31. The Morgan fingerprint density at radius 3 is 3.00 bits per heavy atom. The third-order valence-electron chi connectivity index (χ3n) is 3.75. The summed E-state index contributed by atoms with van der Waals surface area (Å²) in [6.45, 7) is 2.86. The number of hydrogen-bond acceptors (Lipinski definition) is 4. The number of likely N-dealkylation sites (N-methyl/N-ethyl adjacent to an activating group) is 1. The molecule has 1 atom stereocenters. The Kier molecular flexibility index (Phi) is 6.02. The molecule has 1 saturated heterocycles. The van der Waals surface area contributed by atoms with Crippen LogP contribution in [-0.4, -0.2) is 57.3 Å². The van der Waals surface area contributed by atoms with Crippen LogP contribution in [0.25, 0.3) is 0 Å². The minimum atomic E-state index is 0.139.